The number of hydrogen-bond donors (Lipinski definition) is 2. The van der Waals surface area contributed by atoms with Crippen LogP contribution in [-0.4, -0.2) is 23.0 Å². The molecule has 1 aromatic carbocycles. The van der Waals surface area contributed by atoms with Gasteiger partial charge in [-0.25, -0.2) is 9.18 Å². The fourth-order valence-corrected chi connectivity index (χ4v) is 1.59. The highest BCUT2D eigenvalue weighted by atomic mass is 19.1. The molecule has 18 heavy (non-hydrogen) atoms. The van der Waals surface area contributed by atoms with E-state index < -0.39 is 23.7 Å². The normalized spacial score (nSPS) is 11.9. The molecular weight excluding hydrogens is 237 g/mol. The number of carbonyl (C=O) groups is 2. The molecule has 0 aliphatic heterocycles. The van der Waals surface area contributed by atoms with Gasteiger partial charge in [0.25, 0.3) is 5.91 Å². The minimum atomic E-state index is -1.11. The Bertz CT molecular complexity index is 460. The van der Waals surface area contributed by atoms with Gasteiger partial charge in [0.2, 0.25) is 0 Å². The van der Waals surface area contributed by atoms with E-state index in [9.17, 15) is 14.0 Å². The van der Waals surface area contributed by atoms with Crippen molar-refractivity contribution < 1.29 is 19.1 Å². The van der Waals surface area contributed by atoms with Crippen LogP contribution in [-0.2, 0) is 4.79 Å². The van der Waals surface area contributed by atoms with Crippen molar-refractivity contribution in [1.29, 1.82) is 0 Å². The van der Waals surface area contributed by atoms with E-state index in [1.165, 1.54) is 12.1 Å². The Morgan fingerprint density at radius 3 is 2.61 bits per heavy atom. The zero-order valence-corrected chi connectivity index (χ0v) is 10.4. The lowest BCUT2D eigenvalue weighted by molar-refractivity contribution is -0.139. The summed E-state index contributed by atoms with van der Waals surface area (Å²) >= 11 is 0. The quantitative estimate of drug-likeness (QED) is 0.844. The molecular formula is C13H16FNO3. The summed E-state index contributed by atoms with van der Waals surface area (Å²) in [5.41, 5.74) is 0.565. The minimum Gasteiger partial charge on any atom is -0.480 e. The first-order valence-electron chi connectivity index (χ1n) is 5.75. The Labute approximate surface area is 105 Å². The fraction of sp³-hybridized carbons (Fsp3) is 0.385. The number of carboxylic acids is 1. The number of hydrogen-bond acceptors (Lipinski definition) is 2. The van der Waals surface area contributed by atoms with Crippen molar-refractivity contribution >= 4 is 11.9 Å². The van der Waals surface area contributed by atoms with Gasteiger partial charge in [-0.15, -0.1) is 0 Å². The van der Waals surface area contributed by atoms with Crippen molar-refractivity contribution in [3.8, 4) is 0 Å². The van der Waals surface area contributed by atoms with E-state index in [1.54, 1.807) is 13.0 Å². The fourth-order valence-electron chi connectivity index (χ4n) is 1.59. The second-order valence-corrected chi connectivity index (χ2v) is 4.14. The van der Waals surface area contributed by atoms with Crippen LogP contribution in [0, 0.1) is 12.7 Å². The first-order valence-corrected chi connectivity index (χ1v) is 5.75. The average Bonchev–Trinajstić information content (AvgIpc) is 2.27. The molecule has 0 fully saturated rings. The van der Waals surface area contributed by atoms with Crippen molar-refractivity contribution in [1.82, 2.24) is 5.32 Å². The topological polar surface area (TPSA) is 66.4 Å². The van der Waals surface area contributed by atoms with Gasteiger partial charge in [-0.05, 0) is 31.0 Å². The highest BCUT2D eigenvalue weighted by Crippen LogP contribution is 2.10. The molecule has 0 radical (unpaired) electrons. The largest absolute Gasteiger partial charge is 0.480 e. The van der Waals surface area contributed by atoms with Crippen LogP contribution >= 0.6 is 0 Å². The van der Waals surface area contributed by atoms with E-state index >= 15 is 0 Å². The lowest BCUT2D eigenvalue weighted by atomic mass is 10.1. The van der Waals surface area contributed by atoms with Gasteiger partial charge < -0.3 is 10.4 Å². The van der Waals surface area contributed by atoms with Crippen LogP contribution in [0.25, 0.3) is 0 Å². The number of benzene rings is 1. The molecule has 1 atom stereocenters. The number of nitrogens with one attached hydrogen (secondary N) is 1. The van der Waals surface area contributed by atoms with Gasteiger partial charge in [0.05, 0.1) is 5.56 Å². The van der Waals surface area contributed by atoms with E-state index in [0.29, 0.717) is 18.4 Å². The Morgan fingerprint density at radius 1 is 1.44 bits per heavy atom. The van der Waals surface area contributed by atoms with Crippen LogP contribution in [0.3, 0.4) is 0 Å². The van der Waals surface area contributed by atoms with Gasteiger partial charge in [-0.1, -0.05) is 19.4 Å². The summed E-state index contributed by atoms with van der Waals surface area (Å²) in [5.74, 6) is -2.46. The molecule has 1 amide bonds. The molecule has 0 heterocycles. The maximum atomic E-state index is 13.5. The number of rotatable bonds is 5. The first-order chi connectivity index (χ1) is 8.45. The number of carboxylic acid groups (broad SMARTS) is 1. The van der Waals surface area contributed by atoms with Crippen LogP contribution in [0.15, 0.2) is 18.2 Å². The van der Waals surface area contributed by atoms with Gasteiger partial charge in [-0.3, -0.25) is 4.79 Å². The maximum absolute atomic E-state index is 13.5. The van der Waals surface area contributed by atoms with Gasteiger partial charge in [0.15, 0.2) is 0 Å². The second kappa shape index (κ2) is 6.14. The lowest BCUT2D eigenvalue weighted by Gasteiger charge is -2.13. The van der Waals surface area contributed by atoms with Crippen molar-refractivity contribution in [2.75, 3.05) is 0 Å². The van der Waals surface area contributed by atoms with Crippen LogP contribution in [0.4, 0.5) is 4.39 Å². The molecule has 4 nitrogen and oxygen atoms in total. The van der Waals surface area contributed by atoms with Gasteiger partial charge in [0, 0.05) is 0 Å². The summed E-state index contributed by atoms with van der Waals surface area (Å²) in [6, 6.07) is 3.21. The maximum Gasteiger partial charge on any atom is 0.326 e. The molecule has 1 rings (SSSR count). The van der Waals surface area contributed by atoms with E-state index in [-0.39, 0.29) is 5.56 Å². The zero-order chi connectivity index (χ0) is 13.7. The first kappa shape index (κ1) is 14.2. The molecule has 1 unspecified atom stereocenters. The lowest BCUT2D eigenvalue weighted by Crippen LogP contribution is -2.40. The predicted octanol–water partition coefficient (Wildman–Crippen LogP) is 2.12. The van der Waals surface area contributed by atoms with Crippen LogP contribution < -0.4 is 5.32 Å². The van der Waals surface area contributed by atoms with Crippen LogP contribution in [0.2, 0.25) is 0 Å². The van der Waals surface area contributed by atoms with Crippen LogP contribution in [0.1, 0.15) is 35.7 Å². The Hall–Kier alpha value is -1.91. The zero-order valence-electron chi connectivity index (χ0n) is 10.4. The summed E-state index contributed by atoms with van der Waals surface area (Å²) in [6.07, 6.45) is 0.933. The second-order valence-electron chi connectivity index (χ2n) is 4.14. The molecule has 0 saturated carbocycles. The SMILES string of the molecule is CCCC(NC(=O)c1ccc(C)cc1F)C(=O)O. The van der Waals surface area contributed by atoms with Gasteiger partial charge >= 0.3 is 5.97 Å². The third-order valence-corrected chi connectivity index (χ3v) is 2.55. The molecule has 5 heteroatoms. The van der Waals surface area contributed by atoms with Crippen LogP contribution in [0.5, 0.6) is 0 Å². The molecule has 0 spiro atoms. The monoisotopic (exact) mass is 253 g/mol. The van der Waals surface area contributed by atoms with Crippen molar-refractivity contribution in [3.63, 3.8) is 0 Å². The molecule has 98 valence electrons. The molecule has 0 aliphatic carbocycles. The molecule has 2 N–H and O–H groups in total. The van der Waals surface area contributed by atoms with E-state index in [2.05, 4.69) is 5.32 Å². The third-order valence-electron chi connectivity index (χ3n) is 2.55. The number of amides is 1. The summed E-state index contributed by atoms with van der Waals surface area (Å²) in [6.45, 7) is 3.52. The molecule has 0 aromatic heterocycles. The molecule has 1 aromatic rings. The molecule has 0 bridgehead atoms. The highest BCUT2D eigenvalue weighted by Gasteiger charge is 2.21. The summed E-state index contributed by atoms with van der Waals surface area (Å²) in [5, 5.41) is 11.2. The minimum absolute atomic E-state index is 0.136. The van der Waals surface area contributed by atoms with Crippen molar-refractivity contribution in [3.05, 3.63) is 35.1 Å². The van der Waals surface area contributed by atoms with Crippen molar-refractivity contribution in [2.45, 2.75) is 32.7 Å². The van der Waals surface area contributed by atoms with E-state index in [0.717, 1.165) is 0 Å². The van der Waals surface area contributed by atoms with E-state index in [1.807, 2.05) is 6.92 Å². The Kier molecular flexibility index (Phi) is 4.83. The summed E-state index contributed by atoms with van der Waals surface area (Å²) in [7, 11) is 0. The number of halogens is 1. The highest BCUT2D eigenvalue weighted by molar-refractivity contribution is 5.96. The Balaban J connectivity index is 2.83. The number of carbonyl (C=O) groups excluding carboxylic acids is 1. The van der Waals surface area contributed by atoms with Gasteiger partial charge in [-0.2, -0.15) is 0 Å². The summed E-state index contributed by atoms with van der Waals surface area (Å²) in [4.78, 5) is 22.6. The smallest absolute Gasteiger partial charge is 0.326 e. The van der Waals surface area contributed by atoms with E-state index in [4.69, 9.17) is 5.11 Å². The summed E-state index contributed by atoms with van der Waals surface area (Å²) < 4.78 is 13.5. The molecule has 0 aliphatic rings. The average molecular weight is 253 g/mol. The Morgan fingerprint density at radius 2 is 2.11 bits per heavy atom. The standard InChI is InChI=1S/C13H16FNO3/c1-3-4-11(13(17)18)15-12(16)9-6-5-8(2)7-10(9)14/h5-7,11H,3-4H2,1-2H3,(H,15,16)(H,17,18). The van der Waals surface area contributed by atoms with Crippen molar-refractivity contribution in [2.24, 2.45) is 0 Å². The number of aliphatic carboxylic acids is 1. The van der Waals surface area contributed by atoms with Gasteiger partial charge in [0.1, 0.15) is 11.9 Å². The third kappa shape index (κ3) is 3.55. The number of aryl methyl sites for hydroxylation is 1. The predicted molar refractivity (Wildman–Crippen MR) is 64.9 cm³/mol. The molecule has 0 saturated heterocycles.